The maximum absolute atomic E-state index is 14.6. The Hall–Kier alpha value is -2.30. The van der Waals surface area contributed by atoms with E-state index in [0.717, 1.165) is 18.9 Å². The summed E-state index contributed by atoms with van der Waals surface area (Å²) < 4.78 is 16.4. The number of rotatable bonds is 6. The normalized spacial score (nSPS) is 13.2. The third-order valence-corrected chi connectivity index (χ3v) is 6.49. The fourth-order valence-electron chi connectivity index (χ4n) is 3.20. The largest absolute Gasteiger partial charge is 0.341 e. The molecule has 4 rings (SSSR count). The van der Waals surface area contributed by atoms with E-state index in [4.69, 9.17) is 11.6 Å². The molecule has 1 N–H and O–H groups in total. The summed E-state index contributed by atoms with van der Waals surface area (Å²) in [5.41, 5.74) is 0.261. The van der Waals surface area contributed by atoms with Crippen molar-refractivity contribution in [2.45, 2.75) is 12.8 Å². The van der Waals surface area contributed by atoms with Crippen molar-refractivity contribution in [1.29, 1.82) is 0 Å². The molecule has 0 bridgehead atoms. The predicted octanol–water partition coefficient (Wildman–Crippen LogP) is 5.32. The van der Waals surface area contributed by atoms with E-state index in [1.165, 1.54) is 27.9 Å². The SMILES string of the molecule is CN(CC1CC1)C(=O)c1c(F)ccc(NC(=O)c2cc(Br)nn2-c2ncccc2Cl)c1Br. The first-order valence-electron chi connectivity index (χ1n) is 9.67. The number of nitrogens with one attached hydrogen (secondary N) is 1. The minimum absolute atomic E-state index is 0.131. The van der Waals surface area contributed by atoms with E-state index in [1.807, 2.05) is 0 Å². The summed E-state index contributed by atoms with van der Waals surface area (Å²) >= 11 is 12.8. The molecule has 0 saturated heterocycles. The van der Waals surface area contributed by atoms with Crippen molar-refractivity contribution in [1.82, 2.24) is 19.7 Å². The van der Waals surface area contributed by atoms with E-state index < -0.39 is 17.6 Å². The van der Waals surface area contributed by atoms with Gasteiger partial charge in [-0.05, 0) is 74.9 Å². The smallest absolute Gasteiger partial charge is 0.274 e. The van der Waals surface area contributed by atoms with Gasteiger partial charge < -0.3 is 10.2 Å². The van der Waals surface area contributed by atoms with Gasteiger partial charge in [0.2, 0.25) is 0 Å². The first-order chi connectivity index (χ1) is 15.3. The molecular weight excluding hydrogens is 569 g/mol. The van der Waals surface area contributed by atoms with Crippen LogP contribution in [0.1, 0.15) is 33.7 Å². The number of hydrogen-bond acceptors (Lipinski definition) is 4. The molecule has 1 saturated carbocycles. The summed E-state index contributed by atoms with van der Waals surface area (Å²) in [7, 11) is 1.64. The Bertz CT molecular complexity index is 1210. The first kappa shape index (κ1) is 22.9. The van der Waals surface area contributed by atoms with Gasteiger partial charge in [0.25, 0.3) is 11.8 Å². The number of nitrogens with zero attached hydrogens (tertiary/aromatic N) is 4. The van der Waals surface area contributed by atoms with Crippen LogP contribution in [-0.2, 0) is 0 Å². The molecule has 32 heavy (non-hydrogen) atoms. The summed E-state index contributed by atoms with van der Waals surface area (Å²) in [6, 6.07) is 7.35. The molecule has 0 unspecified atom stereocenters. The Kier molecular flexibility index (Phi) is 6.64. The number of pyridine rings is 1. The van der Waals surface area contributed by atoms with Crippen LogP contribution in [0.15, 0.2) is 45.6 Å². The molecule has 2 heterocycles. The van der Waals surface area contributed by atoms with Gasteiger partial charge in [0.15, 0.2) is 5.82 Å². The van der Waals surface area contributed by atoms with E-state index in [0.29, 0.717) is 22.1 Å². The predicted molar refractivity (Wildman–Crippen MR) is 126 cm³/mol. The van der Waals surface area contributed by atoms with E-state index in [-0.39, 0.29) is 27.2 Å². The van der Waals surface area contributed by atoms with Gasteiger partial charge in [-0.2, -0.15) is 5.10 Å². The highest BCUT2D eigenvalue weighted by Crippen LogP contribution is 2.33. The van der Waals surface area contributed by atoms with Gasteiger partial charge in [-0.15, -0.1) is 0 Å². The van der Waals surface area contributed by atoms with Gasteiger partial charge in [0, 0.05) is 25.9 Å². The van der Waals surface area contributed by atoms with Gasteiger partial charge >= 0.3 is 0 Å². The van der Waals surface area contributed by atoms with Crippen molar-refractivity contribution in [3.05, 3.63) is 67.7 Å². The molecule has 3 aromatic rings. The summed E-state index contributed by atoms with van der Waals surface area (Å²) in [6.45, 7) is 0.569. The van der Waals surface area contributed by atoms with Crippen molar-refractivity contribution >= 4 is 61.0 Å². The molecule has 11 heteroatoms. The number of benzene rings is 1. The first-order valence-corrected chi connectivity index (χ1v) is 11.6. The van der Waals surface area contributed by atoms with Gasteiger partial charge in [-0.25, -0.2) is 14.1 Å². The second kappa shape index (κ2) is 9.29. The zero-order valence-electron chi connectivity index (χ0n) is 16.8. The fraction of sp³-hybridized carbons (Fsp3) is 0.238. The van der Waals surface area contributed by atoms with Crippen LogP contribution >= 0.6 is 43.5 Å². The zero-order valence-corrected chi connectivity index (χ0v) is 20.7. The minimum Gasteiger partial charge on any atom is -0.341 e. The molecule has 1 fully saturated rings. The van der Waals surface area contributed by atoms with E-state index in [1.54, 1.807) is 19.2 Å². The number of carbonyl (C=O) groups excluding carboxylic acids is 2. The molecule has 7 nitrogen and oxygen atoms in total. The lowest BCUT2D eigenvalue weighted by molar-refractivity contribution is 0.0782. The van der Waals surface area contributed by atoms with E-state index in [9.17, 15) is 14.0 Å². The lowest BCUT2D eigenvalue weighted by Gasteiger charge is -2.19. The van der Waals surface area contributed by atoms with Crippen molar-refractivity contribution < 1.29 is 14.0 Å². The maximum atomic E-state index is 14.6. The second-order valence-corrected chi connectivity index (χ2v) is 9.45. The van der Waals surface area contributed by atoms with Gasteiger partial charge in [0.1, 0.15) is 16.1 Å². The highest BCUT2D eigenvalue weighted by atomic mass is 79.9. The molecule has 1 aromatic carbocycles. The van der Waals surface area contributed by atoms with Crippen LogP contribution in [0.5, 0.6) is 0 Å². The standard InChI is InChI=1S/C21H17Br2ClFN5O2/c1-29(10-11-4-5-11)21(32)17-13(25)6-7-14(18(17)23)27-20(31)15-9-16(22)28-30(15)19-12(24)3-2-8-26-19/h2-3,6-9,11H,4-5,10H2,1H3,(H,27,31). The summed E-state index contributed by atoms with van der Waals surface area (Å²) in [4.78, 5) is 31.6. The van der Waals surface area contributed by atoms with Crippen molar-refractivity contribution in [2.24, 2.45) is 5.92 Å². The number of aromatic nitrogens is 3. The average molecular weight is 586 g/mol. The van der Waals surface area contributed by atoms with E-state index in [2.05, 4.69) is 47.3 Å². The number of amides is 2. The lowest BCUT2D eigenvalue weighted by atomic mass is 10.1. The second-order valence-electron chi connectivity index (χ2n) is 7.44. The van der Waals surface area contributed by atoms with Crippen LogP contribution in [0.4, 0.5) is 10.1 Å². The molecule has 1 aliphatic rings. The Morgan fingerprint density at radius 1 is 1.31 bits per heavy atom. The quantitative estimate of drug-likeness (QED) is 0.425. The Morgan fingerprint density at radius 2 is 2.06 bits per heavy atom. The molecule has 0 radical (unpaired) electrons. The molecular formula is C21H17Br2ClFN5O2. The zero-order chi connectivity index (χ0) is 23.0. The van der Waals surface area contributed by atoms with Crippen LogP contribution in [0.2, 0.25) is 5.02 Å². The highest BCUT2D eigenvalue weighted by molar-refractivity contribution is 9.10. The Morgan fingerprint density at radius 3 is 2.75 bits per heavy atom. The van der Waals surface area contributed by atoms with E-state index >= 15 is 0 Å². The van der Waals surface area contributed by atoms with Gasteiger partial charge in [-0.1, -0.05) is 11.6 Å². The Balaban J connectivity index is 1.64. The number of carbonyl (C=O) groups is 2. The fourth-order valence-corrected chi connectivity index (χ4v) is 4.37. The van der Waals surface area contributed by atoms with Crippen molar-refractivity contribution in [3.8, 4) is 5.82 Å². The topological polar surface area (TPSA) is 80.1 Å². The molecule has 0 aliphatic heterocycles. The molecule has 166 valence electrons. The minimum atomic E-state index is -0.671. The van der Waals surface area contributed by atoms with Crippen LogP contribution in [0, 0.1) is 11.7 Å². The third kappa shape index (κ3) is 4.72. The summed E-state index contributed by atoms with van der Waals surface area (Å²) in [5.74, 6) is -0.922. The van der Waals surface area contributed by atoms with Crippen LogP contribution in [-0.4, -0.2) is 45.1 Å². The van der Waals surface area contributed by atoms with Crippen molar-refractivity contribution in [2.75, 3.05) is 18.9 Å². The highest BCUT2D eigenvalue weighted by Gasteiger charge is 2.28. The molecule has 0 atom stereocenters. The third-order valence-electron chi connectivity index (χ3n) is 4.98. The number of anilines is 1. The lowest BCUT2D eigenvalue weighted by Crippen LogP contribution is -2.30. The van der Waals surface area contributed by atoms with Crippen LogP contribution < -0.4 is 5.32 Å². The van der Waals surface area contributed by atoms with Gasteiger partial charge in [0.05, 0.1) is 20.7 Å². The molecule has 1 aliphatic carbocycles. The monoisotopic (exact) mass is 583 g/mol. The molecule has 0 spiro atoms. The molecule has 2 aromatic heterocycles. The number of halogens is 4. The van der Waals surface area contributed by atoms with Crippen LogP contribution in [0.25, 0.3) is 5.82 Å². The van der Waals surface area contributed by atoms with Crippen LogP contribution in [0.3, 0.4) is 0 Å². The number of hydrogen-bond donors (Lipinski definition) is 1. The molecule has 2 amide bonds. The average Bonchev–Trinajstić information content (AvgIpc) is 3.48. The van der Waals surface area contributed by atoms with Gasteiger partial charge in [-0.3, -0.25) is 9.59 Å². The Labute approximate surface area is 205 Å². The van der Waals surface area contributed by atoms with Crippen molar-refractivity contribution in [3.63, 3.8) is 0 Å². The summed E-state index contributed by atoms with van der Waals surface area (Å²) in [6.07, 6.45) is 3.67. The summed E-state index contributed by atoms with van der Waals surface area (Å²) in [5, 5.41) is 7.26. The maximum Gasteiger partial charge on any atom is 0.274 e.